The normalized spacial score (nSPS) is 17.4. The van der Waals surface area contributed by atoms with Crippen molar-refractivity contribution in [2.24, 2.45) is 0 Å². The van der Waals surface area contributed by atoms with Crippen molar-refractivity contribution in [2.45, 2.75) is 38.6 Å². The third-order valence-electron chi connectivity index (χ3n) is 10.2. The Morgan fingerprint density at radius 1 is 0.742 bits per heavy atom. The van der Waals surface area contributed by atoms with E-state index < -0.39 is 5.97 Å². The molecular formula is C47H56N6O8S. The summed E-state index contributed by atoms with van der Waals surface area (Å²) in [6, 6.07) is 26.4. The van der Waals surface area contributed by atoms with Crippen LogP contribution in [-0.4, -0.2) is 139 Å². The van der Waals surface area contributed by atoms with Gasteiger partial charge >= 0.3 is 5.97 Å². The molecule has 2 amide bonds. The number of ether oxygens (including phenoxy) is 4. The number of nitrogens with one attached hydrogen (secondary N) is 1. The highest BCUT2D eigenvalue weighted by atomic mass is 32.2. The molecule has 328 valence electrons. The number of hydrogen-bond acceptors (Lipinski definition) is 12. The summed E-state index contributed by atoms with van der Waals surface area (Å²) >= 11 is 1.67. The van der Waals surface area contributed by atoms with Gasteiger partial charge in [0.1, 0.15) is 5.69 Å². The molecule has 15 heteroatoms. The molecule has 2 aromatic heterocycles. The third-order valence-corrected chi connectivity index (χ3v) is 11.3. The van der Waals surface area contributed by atoms with E-state index in [1.165, 1.54) is 6.07 Å². The van der Waals surface area contributed by atoms with Crippen LogP contribution in [0.3, 0.4) is 0 Å². The zero-order chi connectivity index (χ0) is 43.2. The summed E-state index contributed by atoms with van der Waals surface area (Å²) in [5, 5.41) is 12.4. The standard InChI is InChI=1S/C47H56N6O8S/c54-45(17-18-46(55)53-32-39-10-2-1-8-37(39)15-16-38-9-3-4-14-44(38)53)49-20-31-62-36-42-35-60-27-23-51(34-41-12-7-13-43(50-41)47(56)57)21-25-58-29-30-59-26-22-52(24-28-61-42)33-40-11-5-6-19-48-40/h1-14,19,42H,17-18,20-36H2,(H,49,54)(H,56,57)/t42-/m0/s1. The van der Waals surface area contributed by atoms with Crippen LogP contribution in [0.4, 0.5) is 5.69 Å². The van der Waals surface area contributed by atoms with E-state index in [0.717, 1.165) is 28.1 Å². The molecule has 0 saturated carbocycles. The number of nitrogens with zero attached hydrogens (tertiary/aromatic N) is 5. The Morgan fingerprint density at radius 3 is 2.19 bits per heavy atom. The SMILES string of the molecule is O=C(CCC(=O)N1Cc2ccccc2C#Cc2ccccc21)NCCSC[C@@H]1COCCN(Cc2cccc(C(=O)O)n2)CCOCCOCCN(Cc2ccccn2)CCO1. The summed E-state index contributed by atoms with van der Waals surface area (Å²) in [6.07, 6.45) is 1.75. The van der Waals surface area contributed by atoms with Crippen LogP contribution in [0.5, 0.6) is 0 Å². The number of aromatic carboxylic acids is 1. The monoisotopic (exact) mass is 864 g/mol. The summed E-state index contributed by atoms with van der Waals surface area (Å²) < 4.78 is 24.5. The largest absolute Gasteiger partial charge is 0.477 e. The van der Waals surface area contributed by atoms with Gasteiger partial charge in [-0.1, -0.05) is 54.3 Å². The van der Waals surface area contributed by atoms with Crippen LogP contribution in [0.25, 0.3) is 0 Å². The maximum atomic E-state index is 13.6. The van der Waals surface area contributed by atoms with Crippen molar-refractivity contribution in [3.8, 4) is 11.8 Å². The number of amides is 2. The summed E-state index contributed by atoms with van der Waals surface area (Å²) in [7, 11) is 0. The van der Waals surface area contributed by atoms with Crippen molar-refractivity contribution in [1.82, 2.24) is 25.1 Å². The first kappa shape index (κ1) is 46.3. The topological polar surface area (TPSA) is 156 Å². The molecule has 1 fully saturated rings. The van der Waals surface area contributed by atoms with E-state index in [4.69, 9.17) is 18.9 Å². The average Bonchev–Trinajstić information content (AvgIpc) is 3.28. The van der Waals surface area contributed by atoms with Crippen LogP contribution in [0.2, 0.25) is 0 Å². The first-order valence-electron chi connectivity index (χ1n) is 21.1. The molecule has 14 nitrogen and oxygen atoms in total. The third kappa shape index (κ3) is 15.6. The number of carboxylic acid groups (broad SMARTS) is 1. The molecule has 4 heterocycles. The van der Waals surface area contributed by atoms with Crippen LogP contribution in [-0.2, 0) is 48.2 Å². The fourth-order valence-electron chi connectivity index (χ4n) is 6.92. The van der Waals surface area contributed by atoms with Gasteiger partial charge in [0, 0.05) is 87.5 Å². The average molecular weight is 865 g/mol. The molecule has 0 unspecified atom stereocenters. The molecule has 2 N–H and O–H groups in total. The molecule has 1 saturated heterocycles. The minimum atomic E-state index is -1.06. The van der Waals surface area contributed by atoms with Gasteiger partial charge in [0.25, 0.3) is 0 Å². The smallest absolute Gasteiger partial charge is 0.354 e. The van der Waals surface area contributed by atoms with Gasteiger partial charge in [0.05, 0.1) is 76.0 Å². The lowest BCUT2D eigenvalue weighted by atomic mass is 10.0. The molecule has 4 aromatic rings. The van der Waals surface area contributed by atoms with Crippen LogP contribution >= 0.6 is 11.8 Å². The van der Waals surface area contributed by atoms with Crippen LogP contribution in [0, 0.1) is 11.8 Å². The maximum absolute atomic E-state index is 13.6. The van der Waals surface area contributed by atoms with Gasteiger partial charge in [0.15, 0.2) is 0 Å². The number of carbonyl (C=O) groups excluding carboxylic acids is 2. The first-order valence-corrected chi connectivity index (χ1v) is 22.3. The van der Waals surface area contributed by atoms with E-state index in [0.29, 0.717) is 116 Å². The minimum absolute atomic E-state index is 0.00663. The van der Waals surface area contributed by atoms with Crippen molar-refractivity contribution in [1.29, 1.82) is 0 Å². The lowest BCUT2D eigenvalue weighted by Gasteiger charge is -2.26. The van der Waals surface area contributed by atoms with Gasteiger partial charge < -0.3 is 34.3 Å². The summed E-state index contributed by atoms with van der Waals surface area (Å²) in [5.74, 6) is 6.40. The Kier molecular flexibility index (Phi) is 19.2. The number of rotatable bonds is 13. The van der Waals surface area contributed by atoms with E-state index in [1.807, 2.05) is 72.8 Å². The Bertz CT molecular complexity index is 2100. The molecule has 2 aromatic carbocycles. The Morgan fingerprint density at radius 2 is 1.42 bits per heavy atom. The lowest BCUT2D eigenvalue weighted by molar-refractivity contribution is -0.125. The lowest BCUT2D eigenvalue weighted by Crippen LogP contribution is -2.35. The van der Waals surface area contributed by atoms with E-state index in [-0.39, 0.29) is 36.5 Å². The Hall–Kier alpha value is -5.18. The number of para-hydroxylation sites is 1. The highest BCUT2D eigenvalue weighted by Gasteiger charge is 2.22. The number of carbonyl (C=O) groups is 3. The van der Waals surface area contributed by atoms with E-state index in [2.05, 4.69) is 36.9 Å². The quantitative estimate of drug-likeness (QED) is 0.143. The molecule has 1 atom stereocenters. The van der Waals surface area contributed by atoms with Crippen LogP contribution < -0.4 is 10.2 Å². The number of thioether (sulfide) groups is 1. The Balaban J connectivity index is 0.990. The van der Waals surface area contributed by atoms with Gasteiger partial charge in [-0.2, -0.15) is 11.8 Å². The van der Waals surface area contributed by atoms with Crippen LogP contribution in [0.15, 0.2) is 91.1 Å². The molecule has 2 aliphatic heterocycles. The summed E-state index contributed by atoms with van der Waals surface area (Å²) in [6.45, 7) is 7.72. The van der Waals surface area contributed by atoms with E-state index >= 15 is 0 Å². The second-order valence-electron chi connectivity index (χ2n) is 14.8. The highest BCUT2D eigenvalue weighted by Crippen LogP contribution is 2.26. The van der Waals surface area contributed by atoms with Gasteiger partial charge in [-0.3, -0.25) is 24.4 Å². The first-order chi connectivity index (χ1) is 30.4. The predicted molar refractivity (Wildman–Crippen MR) is 238 cm³/mol. The number of aromatic nitrogens is 2. The van der Waals surface area contributed by atoms with Crippen molar-refractivity contribution in [3.63, 3.8) is 0 Å². The number of carboxylic acids is 1. The molecular weight excluding hydrogens is 809 g/mol. The number of benzene rings is 2. The molecule has 0 aliphatic carbocycles. The fraction of sp³-hybridized carbons (Fsp3) is 0.426. The number of fused-ring (bicyclic) bond motifs is 2. The zero-order valence-electron chi connectivity index (χ0n) is 35.1. The van der Waals surface area contributed by atoms with E-state index in [9.17, 15) is 19.5 Å². The number of hydrogen-bond donors (Lipinski definition) is 2. The molecule has 2 aliphatic rings. The van der Waals surface area contributed by atoms with Gasteiger partial charge in [-0.05, 0) is 48.0 Å². The summed E-state index contributed by atoms with van der Waals surface area (Å²) in [5.41, 5.74) is 5.02. The number of anilines is 1. The maximum Gasteiger partial charge on any atom is 0.354 e. The molecule has 0 spiro atoms. The van der Waals surface area contributed by atoms with Crippen molar-refractivity contribution in [2.75, 3.05) is 95.4 Å². The predicted octanol–water partition coefficient (Wildman–Crippen LogP) is 4.50. The highest BCUT2D eigenvalue weighted by molar-refractivity contribution is 7.99. The second-order valence-corrected chi connectivity index (χ2v) is 16.0. The molecule has 6 rings (SSSR count). The zero-order valence-corrected chi connectivity index (χ0v) is 35.9. The second kappa shape index (κ2) is 25.7. The number of pyridine rings is 2. The van der Waals surface area contributed by atoms with Gasteiger partial charge in [-0.15, -0.1) is 0 Å². The minimum Gasteiger partial charge on any atom is -0.477 e. The van der Waals surface area contributed by atoms with E-state index in [1.54, 1.807) is 28.9 Å². The molecule has 0 bridgehead atoms. The summed E-state index contributed by atoms with van der Waals surface area (Å²) in [4.78, 5) is 53.0. The van der Waals surface area contributed by atoms with Gasteiger partial charge in [0.2, 0.25) is 11.8 Å². The molecule has 62 heavy (non-hydrogen) atoms. The van der Waals surface area contributed by atoms with Crippen molar-refractivity contribution in [3.05, 3.63) is 125 Å². The van der Waals surface area contributed by atoms with Crippen molar-refractivity contribution < 1.29 is 38.4 Å². The molecule has 0 radical (unpaired) electrons. The van der Waals surface area contributed by atoms with Crippen LogP contribution in [0.1, 0.15) is 51.4 Å². The van der Waals surface area contributed by atoms with Gasteiger partial charge in [-0.25, -0.2) is 9.78 Å². The van der Waals surface area contributed by atoms with Crippen molar-refractivity contribution >= 4 is 35.2 Å². The fourth-order valence-corrected chi connectivity index (χ4v) is 7.78. The Labute approximate surface area is 368 Å².